The van der Waals surface area contributed by atoms with Gasteiger partial charge in [0.15, 0.2) is 0 Å². The third-order valence-corrected chi connectivity index (χ3v) is 6.92. The number of carbonyl (C=O) groups excluding carboxylic acids is 1. The van der Waals surface area contributed by atoms with Gasteiger partial charge in [-0.25, -0.2) is 4.98 Å². The van der Waals surface area contributed by atoms with Crippen molar-refractivity contribution in [2.45, 2.75) is 52.5 Å². The van der Waals surface area contributed by atoms with Crippen molar-refractivity contribution in [3.63, 3.8) is 0 Å². The summed E-state index contributed by atoms with van der Waals surface area (Å²) < 4.78 is 8.30. The molecular weight excluding hydrogens is 470 g/mol. The van der Waals surface area contributed by atoms with Crippen molar-refractivity contribution < 1.29 is 9.53 Å². The topological polar surface area (TPSA) is 56.1 Å². The van der Waals surface area contributed by atoms with E-state index in [1.165, 1.54) is 5.56 Å². The summed E-state index contributed by atoms with van der Waals surface area (Å²) in [6.07, 6.45) is 3.80. The Morgan fingerprint density at radius 3 is 2.47 bits per heavy atom. The number of hydrogen-bond acceptors (Lipinski definition) is 3. The van der Waals surface area contributed by atoms with Crippen LogP contribution in [-0.4, -0.2) is 28.6 Å². The second kappa shape index (κ2) is 12.6. The number of nitrogens with one attached hydrogen (secondary N) is 1. The van der Waals surface area contributed by atoms with Gasteiger partial charge in [0.25, 0.3) is 0 Å². The number of aromatic nitrogens is 2. The van der Waals surface area contributed by atoms with Gasteiger partial charge >= 0.3 is 0 Å². The summed E-state index contributed by atoms with van der Waals surface area (Å²) in [6, 6.07) is 22.3. The fraction of sp³-hybridized carbons (Fsp3) is 0.333. The molecule has 5 nitrogen and oxygen atoms in total. The van der Waals surface area contributed by atoms with Gasteiger partial charge in [-0.3, -0.25) is 4.79 Å². The molecule has 36 heavy (non-hydrogen) atoms. The first-order valence-electron chi connectivity index (χ1n) is 12.7. The molecule has 1 heterocycles. The molecule has 0 aliphatic heterocycles. The highest BCUT2D eigenvalue weighted by Gasteiger charge is 2.11. The Labute approximate surface area is 218 Å². The smallest absolute Gasteiger partial charge is 0.220 e. The monoisotopic (exact) mass is 503 g/mol. The zero-order valence-corrected chi connectivity index (χ0v) is 21.9. The summed E-state index contributed by atoms with van der Waals surface area (Å²) in [7, 11) is 0. The highest BCUT2D eigenvalue weighted by molar-refractivity contribution is 6.32. The number of carbonyl (C=O) groups is 1. The normalized spacial score (nSPS) is 11.1. The van der Waals surface area contributed by atoms with E-state index in [0.29, 0.717) is 19.6 Å². The van der Waals surface area contributed by atoms with E-state index in [9.17, 15) is 4.79 Å². The third-order valence-electron chi connectivity index (χ3n) is 6.32. The molecule has 4 rings (SSSR count). The predicted molar refractivity (Wildman–Crippen MR) is 147 cm³/mol. The molecule has 3 aromatic carbocycles. The van der Waals surface area contributed by atoms with Crippen LogP contribution in [0.15, 0.2) is 66.7 Å². The van der Waals surface area contributed by atoms with Gasteiger partial charge in [-0.05, 0) is 74.1 Å². The molecule has 1 aromatic heterocycles. The molecule has 0 fully saturated rings. The molecule has 0 radical (unpaired) electrons. The first-order chi connectivity index (χ1) is 17.5. The molecule has 0 saturated heterocycles. The SMILES string of the molecule is Cc1cc(OCCCn2c(CCCNC(=O)CCc3ccccc3)nc3ccccc32)cc(C)c1Cl. The first-order valence-corrected chi connectivity index (χ1v) is 13.0. The third kappa shape index (κ3) is 6.88. The molecular formula is C30H34ClN3O2. The summed E-state index contributed by atoms with van der Waals surface area (Å²) in [6.45, 7) is 6.08. The lowest BCUT2D eigenvalue weighted by atomic mass is 10.1. The molecule has 0 aliphatic rings. The Morgan fingerprint density at radius 2 is 1.69 bits per heavy atom. The number of benzene rings is 3. The Bertz CT molecular complexity index is 1280. The van der Waals surface area contributed by atoms with E-state index in [0.717, 1.165) is 71.0 Å². The molecule has 0 aliphatic carbocycles. The highest BCUT2D eigenvalue weighted by atomic mass is 35.5. The first kappa shape index (κ1) is 25.8. The number of aryl methyl sites for hydroxylation is 5. The van der Waals surface area contributed by atoms with Crippen molar-refractivity contribution in [1.29, 1.82) is 0 Å². The molecule has 1 N–H and O–H groups in total. The van der Waals surface area contributed by atoms with Crippen molar-refractivity contribution in [2.75, 3.05) is 13.2 Å². The van der Waals surface area contributed by atoms with Crippen LogP contribution in [0.1, 0.15) is 41.8 Å². The van der Waals surface area contributed by atoms with Crippen LogP contribution >= 0.6 is 11.6 Å². The zero-order chi connectivity index (χ0) is 25.3. The molecule has 1 amide bonds. The van der Waals surface area contributed by atoms with E-state index in [2.05, 4.69) is 34.1 Å². The molecule has 0 saturated carbocycles. The molecule has 0 atom stereocenters. The number of rotatable bonds is 12. The number of nitrogens with zero attached hydrogens (tertiary/aromatic N) is 2. The lowest BCUT2D eigenvalue weighted by molar-refractivity contribution is -0.121. The van der Waals surface area contributed by atoms with Crippen LogP contribution in [0.2, 0.25) is 5.02 Å². The molecule has 0 unspecified atom stereocenters. The van der Waals surface area contributed by atoms with Gasteiger partial charge in [0.2, 0.25) is 5.91 Å². The van der Waals surface area contributed by atoms with E-state index in [-0.39, 0.29) is 5.91 Å². The van der Waals surface area contributed by atoms with Crippen molar-refractivity contribution >= 4 is 28.5 Å². The molecule has 188 valence electrons. The van der Waals surface area contributed by atoms with E-state index in [1.807, 2.05) is 56.3 Å². The quantitative estimate of drug-likeness (QED) is 0.226. The van der Waals surface area contributed by atoms with Crippen LogP contribution in [0.3, 0.4) is 0 Å². The largest absolute Gasteiger partial charge is 0.494 e. The van der Waals surface area contributed by atoms with E-state index in [4.69, 9.17) is 21.3 Å². The van der Waals surface area contributed by atoms with E-state index >= 15 is 0 Å². The second-order valence-electron chi connectivity index (χ2n) is 9.18. The number of amides is 1. The Kier molecular flexibility index (Phi) is 9.01. The molecule has 0 spiro atoms. The molecule has 4 aromatic rings. The number of fused-ring (bicyclic) bond motifs is 1. The number of para-hydroxylation sites is 2. The van der Waals surface area contributed by atoms with Crippen LogP contribution in [0, 0.1) is 13.8 Å². The average Bonchev–Trinajstić information content (AvgIpc) is 3.24. The number of hydrogen-bond donors (Lipinski definition) is 1. The minimum absolute atomic E-state index is 0.0946. The Balaban J connectivity index is 1.27. The van der Waals surface area contributed by atoms with Gasteiger partial charge in [0, 0.05) is 31.0 Å². The summed E-state index contributed by atoms with van der Waals surface area (Å²) in [5, 5.41) is 3.85. The number of imidazole rings is 1. The minimum atomic E-state index is 0.0946. The minimum Gasteiger partial charge on any atom is -0.494 e. The fourth-order valence-corrected chi connectivity index (χ4v) is 4.54. The van der Waals surface area contributed by atoms with Gasteiger partial charge in [-0.1, -0.05) is 54.1 Å². The average molecular weight is 504 g/mol. The standard InChI is InChI=1S/C30H34ClN3O2/c1-22-20-25(21-23(2)30(22)31)36-19-9-18-34-27-13-7-6-12-26(27)33-28(34)14-8-17-32-29(35)16-15-24-10-4-3-5-11-24/h3-7,10-13,20-21H,8-9,14-19H2,1-2H3,(H,32,35). The molecule has 6 heteroatoms. The van der Waals surface area contributed by atoms with Gasteiger partial charge in [0.05, 0.1) is 17.6 Å². The molecule has 0 bridgehead atoms. The Hall–Kier alpha value is -3.31. The predicted octanol–water partition coefficient (Wildman–Crippen LogP) is 6.46. The summed E-state index contributed by atoms with van der Waals surface area (Å²) in [5.41, 5.74) is 5.39. The summed E-state index contributed by atoms with van der Waals surface area (Å²) in [4.78, 5) is 17.1. The lowest BCUT2D eigenvalue weighted by Crippen LogP contribution is -2.25. The van der Waals surface area contributed by atoms with Gasteiger partial charge < -0.3 is 14.6 Å². The summed E-state index contributed by atoms with van der Waals surface area (Å²) >= 11 is 6.27. The van der Waals surface area contributed by atoms with Crippen molar-refractivity contribution in [1.82, 2.24) is 14.9 Å². The van der Waals surface area contributed by atoms with Crippen LogP contribution in [0.5, 0.6) is 5.75 Å². The van der Waals surface area contributed by atoms with Crippen molar-refractivity contribution in [3.05, 3.63) is 94.3 Å². The fourth-order valence-electron chi connectivity index (χ4n) is 4.43. The Morgan fingerprint density at radius 1 is 0.972 bits per heavy atom. The maximum atomic E-state index is 12.2. The zero-order valence-electron chi connectivity index (χ0n) is 21.1. The second-order valence-corrected chi connectivity index (χ2v) is 9.56. The maximum Gasteiger partial charge on any atom is 0.220 e. The van der Waals surface area contributed by atoms with E-state index < -0.39 is 0 Å². The van der Waals surface area contributed by atoms with Crippen LogP contribution in [-0.2, 0) is 24.2 Å². The van der Waals surface area contributed by atoms with E-state index in [1.54, 1.807) is 0 Å². The highest BCUT2D eigenvalue weighted by Crippen LogP contribution is 2.26. The van der Waals surface area contributed by atoms with Crippen molar-refractivity contribution in [2.24, 2.45) is 0 Å². The van der Waals surface area contributed by atoms with Gasteiger partial charge in [-0.15, -0.1) is 0 Å². The van der Waals surface area contributed by atoms with Crippen LogP contribution in [0.4, 0.5) is 0 Å². The summed E-state index contributed by atoms with van der Waals surface area (Å²) in [5.74, 6) is 2.00. The number of halogens is 1. The van der Waals surface area contributed by atoms with Crippen LogP contribution in [0.25, 0.3) is 11.0 Å². The number of ether oxygens (including phenoxy) is 1. The van der Waals surface area contributed by atoms with Gasteiger partial charge in [0.1, 0.15) is 11.6 Å². The van der Waals surface area contributed by atoms with Gasteiger partial charge in [-0.2, -0.15) is 0 Å². The van der Waals surface area contributed by atoms with Crippen molar-refractivity contribution in [3.8, 4) is 5.75 Å². The maximum absolute atomic E-state index is 12.2. The van der Waals surface area contributed by atoms with Crippen LogP contribution < -0.4 is 10.1 Å². The lowest BCUT2D eigenvalue weighted by Gasteiger charge is -2.12.